The van der Waals surface area contributed by atoms with Crippen LogP contribution < -0.4 is 0 Å². The number of nitrogens with zero attached hydrogens (tertiary/aromatic N) is 3. The maximum atomic E-state index is 12.2. The summed E-state index contributed by atoms with van der Waals surface area (Å²) in [5.41, 5.74) is 0.911. The molecule has 148 valence electrons. The van der Waals surface area contributed by atoms with Crippen LogP contribution in [0.25, 0.3) is 0 Å². The highest BCUT2D eigenvalue weighted by Gasteiger charge is 2.47. The van der Waals surface area contributed by atoms with Crippen molar-refractivity contribution >= 4 is 29.5 Å². The molecule has 0 spiro atoms. The Kier molecular flexibility index (Phi) is 6.07. The second kappa shape index (κ2) is 8.36. The third-order valence-electron chi connectivity index (χ3n) is 6.41. The summed E-state index contributed by atoms with van der Waals surface area (Å²) in [7, 11) is 2.17. The van der Waals surface area contributed by atoms with Gasteiger partial charge in [0, 0.05) is 25.2 Å². The lowest BCUT2D eigenvalue weighted by Crippen LogP contribution is -2.70. The number of fused-ring (bicyclic) bond motifs is 1. The number of likely N-dealkylation sites (N-methyl/N-ethyl adjacent to an activating group) is 1. The van der Waals surface area contributed by atoms with Gasteiger partial charge in [0.15, 0.2) is 0 Å². The zero-order valence-corrected chi connectivity index (χ0v) is 17.2. The number of hydrogen-bond acceptors (Lipinski definition) is 5. The van der Waals surface area contributed by atoms with E-state index in [1.807, 2.05) is 12.1 Å². The maximum absolute atomic E-state index is 12.2. The van der Waals surface area contributed by atoms with Crippen LogP contribution in [-0.2, 0) is 9.53 Å². The predicted octanol–water partition coefficient (Wildman–Crippen LogP) is 2.71. The zero-order valence-electron chi connectivity index (χ0n) is 15.7. The first-order valence-electron chi connectivity index (χ1n) is 9.78. The van der Waals surface area contributed by atoms with Crippen LogP contribution in [0.3, 0.4) is 0 Å². The Hall–Kier alpha value is -0.690. The second-order valence-electron chi connectivity index (χ2n) is 7.88. The molecule has 0 bridgehead atoms. The molecule has 0 N–H and O–H groups in total. The average Bonchev–Trinajstić information content (AvgIpc) is 3.21. The Labute approximate surface area is 171 Å². The minimum Gasteiger partial charge on any atom is -0.378 e. The molecule has 27 heavy (non-hydrogen) atoms. The SMILES string of the molecule is CN1CCN(C(C=O)c2ccc(Cl)c(Cl)c2)C2C1COCC2N1CCCC1. The normalized spacial score (nSPS) is 31.6. The standard InChI is InChI=1S/C20H27Cl2N3O2/c1-23-8-9-25(17(11-26)14-4-5-15(21)16(22)10-14)20-18(23)12-27-13-19(20)24-6-2-3-7-24/h4-5,10-11,17-20H,2-3,6-9,12-13H2,1H3. The molecule has 1 aromatic rings. The molecule has 1 aromatic carbocycles. The fourth-order valence-electron chi connectivity index (χ4n) is 4.94. The van der Waals surface area contributed by atoms with Crippen LogP contribution in [0.2, 0.25) is 10.0 Å². The van der Waals surface area contributed by atoms with Gasteiger partial charge in [-0.25, -0.2) is 0 Å². The Bertz CT molecular complexity index is 683. The van der Waals surface area contributed by atoms with Gasteiger partial charge >= 0.3 is 0 Å². The molecule has 0 saturated carbocycles. The molecule has 0 radical (unpaired) electrons. The molecule has 0 amide bonds. The quantitative estimate of drug-likeness (QED) is 0.711. The number of ether oxygens (including phenoxy) is 1. The molecular weight excluding hydrogens is 385 g/mol. The van der Waals surface area contributed by atoms with Crippen molar-refractivity contribution in [3.05, 3.63) is 33.8 Å². The van der Waals surface area contributed by atoms with Gasteiger partial charge in [-0.05, 0) is 50.7 Å². The van der Waals surface area contributed by atoms with E-state index in [4.69, 9.17) is 27.9 Å². The van der Waals surface area contributed by atoms with Gasteiger partial charge in [0.05, 0.1) is 35.3 Å². The first-order chi connectivity index (χ1) is 13.1. The minimum absolute atomic E-state index is 0.264. The number of benzene rings is 1. The van der Waals surface area contributed by atoms with E-state index in [2.05, 4.69) is 21.7 Å². The van der Waals surface area contributed by atoms with E-state index >= 15 is 0 Å². The number of halogens is 2. The van der Waals surface area contributed by atoms with Gasteiger partial charge in [-0.15, -0.1) is 0 Å². The number of carbonyl (C=O) groups is 1. The largest absolute Gasteiger partial charge is 0.378 e. The molecule has 4 rings (SSSR count). The van der Waals surface area contributed by atoms with Crippen LogP contribution in [0.4, 0.5) is 0 Å². The molecule has 4 atom stereocenters. The molecule has 3 fully saturated rings. The smallest absolute Gasteiger partial charge is 0.141 e. The highest BCUT2D eigenvalue weighted by Crippen LogP contribution is 2.35. The number of hydrogen-bond donors (Lipinski definition) is 0. The lowest BCUT2D eigenvalue weighted by Gasteiger charge is -2.54. The van der Waals surface area contributed by atoms with Gasteiger partial charge < -0.3 is 9.53 Å². The topological polar surface area (TPSA) is 36.0 Å². The summed E-state index contributed by atoms with van der Waals surface area (Å²) in [5, 5.41) is 1.01. The predicted molar refractivity (Wildman–Crippen MR) is 108 cm³/mol. The van der Waals surface area contributed by atoms with Crippen molar-refractivity contribution in [3.63, 3.8) is 0 Å². The third kappa shape index (κ3) is 3.78. The van der Waals surface area contributed by atoms with Crippen molar-refractivity contribution in [1.29, 1.82) is 0 Å². The van der Waals surface area contributed by atoms with E-state index in [1.54, 1.807) is 6.07 Å². The van der Waals surface area contributed by atoms with Gasteiger partial charge in [0.1, 0.15) is 6.29 Å². The van der Waals surface area contributed by atoms with Crippen LogP contribution in [0.5, 0.6) is 0 Å². The van der Waals surface area contributed by atoms with Crippen molar-refractivity contribution < 1.29 is 9.53 Å². The van der Waals surface area contributed by atoms with Crippen LogP contribution >= 0.6 is 23.2 Å². The summed E-state index contributed by atoms with van der Waals surface area (Å²) < 4.78 is 6.00. The molecule has 7 heteroatoms. The number of aldehydes is 1. The van der Waals surface area contributed by atoms with Gasteiger partial charge in [0.25, 0.3) is 0 Å². The Balaban J connectivity index is 1.67. The molecule has 3 saturated heterocycles. The third-order valence-corrected chi connectivity index (χ3v) is 7.15. The fourth-order valence-corrected chi connectivity index (χ4v) is 5.25. The summed E-state index contributed by atoms with van der Waals surface area (Å²) in [6.45, 7) is 5.46. The van der Waals surface area contributed by atoms with E-state index in [1.165, 1.54) is 12.8 Å². The Morgan fingerprint density at radius 1 is 1.07 bits per heavy atom. The minimum atomic E-state index is -0.316. The Morgan fingerprint density at radius 2 is 1.81 bits per heavy atom. The highest BCUT2D eigenvalue weighted by atomic mass is 35.5. The molecule has 4 unspecified atom stereocenters. The number of likely N-dealkylation sites (tertiary alicyclic amines) is 1. The first kappa shape index (κ1) is 19.6. The highest BCUT2D eigenvalue weighted by molar-refractivity contribution is 6.42. The lowest BCUT2D eigenvalue weighted by atomic mass is 9.89. The van der Waals surface area contributed by atoms with E-state index in [0.29, 0.717) is 22.1 Å². The van der Waals surface area contributed by atoms with E-state index in [9.17, 15) is 4.79 Å². The van der Waals surface area contributed by atoms with Gasteiger partial charge in [-0.2, -0.15) is 0 Å². The first-order valence-corrected chi connectivity index (χ1v) is 10.5. The van der Waals surface area contributed by atoms with Crippen molar-refractivity contribution in [3.8, 4) is 0 Å². The van der Waals surface area contributed by atoms with Gasteiger partial charge in [0.2, 0.25) is 0 Å². The molecule has 0 aliphatic carbocycles. The van der Waals surface area contributed by atoms with Crippen LogP contribution in [-0.4, -0.2) is 85.6 Å². The number of piperazine rings is 1. The van der Waals surface area contributed by atoms with Crippen molar-refractivity contribution in [2.45, 2.75) is 37.0 Å². The van der Waals surface area contributed by atoms with Crippen molar-refractivity contribution in [2.24, 2.45) is 0 Å². The van der Waals surface area contributed by atoms with E-state index in [-0.39, 0.29) is 12.1 Å². The summed E-state index contributed by atoms with van der Waals surface area (Å²) in [6, 6.07) is 6.10. The van der Waals surface area contributed by atoms with E-state index in [0.717, 1.165) is 51.2 Å². The maximum Gasteiger partial charge on any atom is 0.141 e. The molecule has 5 nitrogen and oxygen atoms in total. The lowest BCUT2D eigenvalue weighted by molar-refractivity contribution is -0.131. The summed E-state index contributed by atoms with van der Waals surface area (Å²) >= 11 is 12.3. The van der Waals surface area contributed by atoms with Crippen LogP contribution in [0.15, 0.2) is 18.2 Å². The van der Waals surface area contributed by atoms with Crippen molar-refractivity contribution in [2.75, 3.05) is 46.4 Å². The summed E-state index contributed by atoms with van der Waals surface area (Å²) in [5.74, 6) is 0. The van der Waals surface area contributed by atoms with E-state index < -0.39 is 0 Å². The van der Waals surface area contributed by atoms with Gasteiger partial charge in [-0.3, -0.25) is 14.7 Å². The summed E-state index contributed by atoms with van der Waals surface area (Å²) in [4.78, 5) is 19.5. The Morgan fingerprint density at radius 3 is 2.52 bits per heavy atom. The molecule has 3 heterocycles. The zero-order chi connectivity index (χ0) is 19.0. The van der Waals surface area contributed by atoms with Crippen LogP contribution in [0, 0.1) is 0 Å². The molecule has 3 aliphatic heterocycles. The second-order valence-corrected chi connectivity index (χ2v) is 8.69. The average molecular weight is 412 g/mol. The monoisotopic (exact) mass is 411 g/mol. The summed E-state index contributed by atoms with van der Waals surface area (Å²) in [6.07, 6.45) is 3.54. The van der Waals surface area contributed by atoms with Crippen molar-refractivity contribution in [1.82, 2.24) is 14.7 Å². The number of rotatable bonds is 4. The molecular formula is C20H27Cl2N3O2. The fraction of sp³-hybridized carbons (Fsp3) is 0.650. The van der Waals surface area contributed by atoms with Gasteiger partial charge in [-0.1, -0.05) is 29.3 Å². The molecule has 3 aliphatic rings. The number of carbonyl (C=O) groups excluding carboxylic acids is 1. The molecule has 0 aromatic heterocycles. The van der Waals surface area contributed by atoms with Crippen LogP contribution in [0.1, 0.15) is 24.4 Å².